The van der Waals surface area contributed by atoms with Crippen molar-refractivity contribution in [3.63, 3.8) is 0 Å². The quantitative estimate of drug-likeness (QED) is 0.327. The largest absolute Gasteiger partial charge is 0.478 e. The van der Waals surface area contributed by atoms with E-state index >= 15 is 0 Å². The molecule has 124 valence electrons. The zero-order valence-electron chi connectivity index (χ0n) is 14.0. The smallest absolute Gasteiger partial charge is 0.330 e. The molecule has 0 aromatic carbocycles. The van der Waals surface area contributed by atoms with Crippen molar-refractivity contribution >= 4 is 5.97 Å². The number of rotatable bonds is 15. The molecule has 3 heteroatoms. The Morgan fingerprint density at radius 2 is 1.43 bits per heavy atom. The minimum atomic E-state index is -0.843. The number of hydrogen-bond acceptors (Lipinski definition) is 2. The van der Waals surface area contributed by atoms with Gasteiger partial charge in [-0.25, -0.2) is 4.79 Å². The summed E-state index contributed by atoms with van der Waals surface area (Å²) in [5.74, 6) is -0.843. The molecule has 0 aliphatic heterocycles. The summed E-state index contributed by atoms with van der Waals surface area (Å²) >= 11 is 0. The van der Waals surface area contributed by atoms with Crippen LogP contribution in [-0.4, -0.2) is 24.3 Å². The Morgan fingerprint density at radius 3 is 1.95 bits per heavy atom. The lowest BCUT2D eigenvalue weighted by Gasteiger charge is -2.03. The first-order valence-corrected chi connectivity index (χ1v) is 8.66. The molecule has 1 N–H and O–H groups in total. The fraction of sp³-hybridized carbons (Fsp3) is 0.833. The molecule has 0 atom stereocenters. The lowest BCUT2D eigenvalue weighted by atomic mass is 10.1. The molecule has 0 saturated heterocycles. The van der Waals surface area contributed by atoms with Gasteiger partial charge < -0.3 is 9.84 Å². The average molecular weight is 298 g/mol. The molecule has 0 heterocycles. The van der Waals surface area contributed by atoms with Crippen LogP contribution in [-0.2, 0) is 9.53 Å². The van der Waals surface area contributed by atoms with Gasteiger partial charge in [0, 0.05) is 12.2 Å². The number of carboxylic acids is 1. The minimum Gasteiger partial charge on any atom is -0.478 e. The molecule has 0 aromatic heterocycles. The zero-order valence-corrected chi connectivity index (χ0v) is 14.0. The first-order chi connectivity index (χ1) is 10.2. The number of aliphatic carboxylic acids is 1. The summed E-state index contributed by atoms with van der Waals surface area (Å²) in [5.41, 5.74) is 0.400. The highest BCUT2D eigenvalue weighted by Crippen LogP contribution is 2.10. The highest BCUT2D eigenvalue weighted by atomic mass is 16.5. The molecule has 0 spiro atoms. The van der Waals surface area contributed by atoms with E-state index in [4.69, 9.17) is 9.84 Å². The number of hydrogen-bond donors (Lipinski definition) is 1. The van der Waals surface area contributed by atoms with E-state index in [1.54, 1.807) is 13.0 Å². The normalized spacial score (nSPS) is 11.8. The molecular formula is C18H34O3. The summed E-state index contributed by atoms with van der Waals surface area (Å²) < 4.78 is 5.50. The first kappa shape index (κ1) is 20.2. The fourth-order valence-corrected chi connectivity index (χ4v) is 2.24. The van der Waals surface area contributed by atoms with E-state index in [-0.39, 0.29) is 0 Å². The SMILES string of the molecule is CCCCCCCCCCCCOCCC=C(C)C(=O)O. The summed E-state index contributed by atoms with van der Waals surface area (Å²) in [6.07, 6.45) is 15.7. The molecule has 0 bridgehead atoms. The Bertz CT molecular complexity index is 272. The minimum absolute atomic E-state index is 0.400. The topological polar surface area (TPSA) is 46.5 Å². The van der Waals surface area contributed by atoms with Gasteiger partial charge in [-0.3, -0.25) is 0 Å². The van der Waals surface area contributed by atoms with Crippen LogP contribution >= 0.6 is 0 Å². The lowest BCUT2D eigenvalue weighted by molar-refractivity contribution is -0.132. The maximum atomic E-state index is 10.6. The fourth-order valence-electron chi connectivity index (χ4n) is 2.24. The zero-order chi connectivity index (χ0) is 15.8. The van der Waals surface area contributed by atoms with Crippen molar-refractivity contribution in [1.82, 2.24) is 0 Å². The van der Waals surface area contributed by atoms with Gasteiger partial charge in [-0.2, -0.15) is 0 Å². The highest BCUT2D eigenvalue weighted by molar-refractivity contribution is 5.85. The van der Waals surface area contributed by atoms with Crippen LogP contribution in [0.25, 0.3) is 0 Å². The van der Waals surface area contributed by atoms with Crippen molar-refractivity contribution in [2.24, 2.45) is 0 Å². The first-order valence-electron chi connectivity index (χ1n) is 8.66. The van der Waals surface area contributed by atoms with Crippen LogP contribution < -0.4 is 0 Å². The lowest BCUT2D eigenvalue weighted by Crippen LogP contribution is -1.99. The predicted octanol–water partition coefficient (Wildman–Crippen LogP) is 5.34. The van der Waals surface area contributed by atoms with Crippen LogP contribution in [0.2, 0.25) is 0 Å². The van der Waals surface area contributed by atoms with Crippen LogP contribution in [0, 0.1) is 0 Å². The van der Waals surface area contributed by atoms with E-state index in [1.807, 2.05) is 0 Å². The van der Waals surface area contributed by atoms with E-state index in [1.165, 1.54) is 57.8 Å². The third-order valence-electron chi connectivity index (χ3n) is 3.69. The van der Waals surface area contributed by atoms with E-state index in [2.05, 4.69) is 6.92 Å². The van der Waals surface area contributed by atoms with Crippen molar-refractivity contribution in [2.45, 2.75) is 84.5 Å². The van der Waals surface area contributed by atoms with Gasteiger partial charge in [0.2, 0.25) is 0 Å². The number of carboxylic acid groups (broad SMARTS) is 1. The van der Waals surface area contributed by atoms with E-state index in [0.717, 1.165) is 13.0 Å². The van der Waals surface area contributed by atoms with Crippen LogP contribution in [0.15, 0.2) is 11.6 Å². The molecule has 3 nitrogen and oxygen atoms in total. The molecule has 0 amide bonds. The summed E-state index contributed by atoms with van der Waals surface area (Å²) in [7, 11) is 0. The molecule has 21 heavy (non-hydrogen) atoms. The number of carbonyl (C=O) groups is 1. The summed E-state index contributed by atoms with van der Waals surface area (Å²) in [6, 6.07) is 0. The molecule has 0 unspecified atom stereocenters. The van der Waals surface area contributed by atoms with Crippen LogP contribution in [0.5, 0.6) is 0 Å². The maximum absolute atomic E-state index is 10.6. The molecule has 0 saturated carbocycles. The Hall–Kier alpha value is -0.830. The van der Waals surface area contributed by atoms with E-state index < -0.39 is 5.97 Å². The Labute approximate surface area is 130 Å². The van der Waals surface area contributed by atoms with Gasteiger partial charge in [-0.05, 0) is 19.8 Å². The molecular weight excluding hydrogens is 264 g/mol. The molecule has 0 rings (SSSR count). The van der Waals surface area contributed by atoms with Crippen molar-refractivity contribution < 1.29 is 14.6 Å². The van der Waals surface area contributed by atoms with Crippen molar-refractivity contribution in [1.29, 1.82) is 0 Å². The molecule has 0 aromatic rings. The van der Waals surface area contributed by atoms with Crippen molar-refractivity contribution in [3.8, 4) is 0 Å². The predicted molar refractivity (Wildman–Crippen MR) is 88.7 cm³/mol. The van der Waals surface area contributed by atoms with Crippen molar-refractivity contribution in [3.05, 3.63) is 11.6 Å². The highest BCUT2D eigenvalue weighted by Gasteiger charge is 1.98. The molecule has 0 radical (unpaired) electrons. The third-order valence-corrected chi connectivity index (χ3v) is 3.69. The van der Waals surface area contributed by atoms with E-state index in [9.17, 15) is 4.79 Å². The monoisotopic (exact) mass is 298 g/mol. The Balaban J connectivity index is 3.12. The number of unbranched alkanes of at least 4 members (excludes halogenated alkanes) is 9. The van der Waals surface area contributed by atoms with Gasteiger partial charge in [0.25, 0.3) is 0 Å². The summed E-state index contributed by atoms with van der Waals surface area (Å²) in [5, 5.41) is 8.68. The molecule has 0 fully saturated rings. The maximum Gasteiger partial charge on any atom is 0.330 e. The van der Waals surface area contributed by atoms with Gasteiger partial charge in [-0.1, -0.05) is 70.8 Å². The van der Waals surface area contributed by atoms with Crippen LogP contribution in [0.3, 0.4) is 0 Å². The van der Waals surface area contributed by atoms with E-state index in [0.29, 0.717) is 18.6 Å². The van der Waals surface area contributed by atoms with Crippen LogP contribution in [0.4, 0.5) is 0 Å². The van der Waals surface area contributed by atoms with Gasteiger partial charge >= 0.3 is 5.97 Å². The Morgan fingerprint density at radius 1 is 0.905 bits per heavy atom. The van der Waals surface area contributed by atoms with Gasteiger partial charge in [0.1, 0.15) is 0 Å². The Kier molecular flexibility index (Phi) is 14.9. The average Bonchev–Trinajstić information content (AvgIpc) is 2.47. The standard InChI is InChI=1S/C18H34O3/c1-3-4-5-6-7-8-9-10-11-12-15-21-16-13-14-17(2)18(19)20/h14H,3-13,15-16H2,1-2H3,(H,19,20). The molecule has 0 aliphatic carbocycles. The van der Waals surface area contributed by atoms with Gasteiger partial charge in [-0.15, -0.1) is 0 Å². The second-order valence-corrected chi connectivity index (χ2v) is 5.78. The second kappa shape index (κ2) is 15.6. The van der Waals surface area contributed by atoms with Gasteiger partial charge in [0.15, 0.2) is 0 Å². The summed E-state index contributed by atoms with van der Waals surface area (Å²) in [4.78, 5) is 10.6. The second-order valence-electron chi connectivity index (χ2n) is 5.78. The summed E-state index contributed by atoms with van der Waals surface area (Å²) in [6.45, 7) is 5.30. The van der Waals surface area contributed by atoms with Crippen LogP contribution in [0.1, 0.15) is 84.5 Å². The number of ether oxygens (including phenoxy) is 1. The third kappa shape index (κ3) is 15.4. The van der Waals surface area contributed by atoms with Gasteiger partial charge in [0.05, 0.1) is 6.61 Å². The van der Waals surface area contributed by atoms with Crippen molar-refractivity contribution in [2.75, 3.05) is 13.2 Å². The molecule has 0 aliphatic rings.